The fraction of sp³-hybridized carbons (Fsp3) is 0.357. The second kappa shape index (κ2) is 5.59. The number of thiophene rings is 1. The number of furan rings is 1. The molecule has 0 aliphatic rings. The van der Waals surface area contributed by atoms with Crippen LogP contribution in [0.4, 0.5) is 0 Å². The Balaban J connectivity index is 2.04. The summed E-state index contributed by atoms with van der Waals surface area (Å²) in [6.07, 6.45) is 1.41. The van der Waals surface area contributed by atoms with Gasteiger partial charge in [-0.2, -0.15) is 0 Å². The molecule has 2 rings (SSSR count). The van der Waals surface area contributed by atoms with E-state index in [1.54, 1.807) is 11.3 Å². The van der Waals surface area contributed by atoms with Crippen molar-refractivity contribution in [2.45, 2.75) is 33.4 Å². The Hall–Kier alpha value is -1.59. The summed E-state index contributed by atoms with van der Waals surface area (Å²) in [5.74, 6) is -0.496. The van der Waals surface area contributed by atoms with E-state index in [1.807, 2.05) is 0 Å². The minimum Gasteiger partial charge on any atom is -0.478 e. The van der Waals surface area contributed by atoms with E-state index in [1.165, 1.54) is 27.6 Å². The van der Waals surface area contributed by atoms with Crippen LogP contribution in [0.15, 0.2) is 22.8 Å². The molecule has 0 saturated carbocycles. The Morgan fingerprint density at radius 1 is 1.53 bits per heavy atom. The summed E-state index contributed by atoms with van der Waals surface area (Å²) in [6, 6.07) is 3.80. The van der Waals surface area contributed by atoms with Gasteiger partial charge in [0.15, 0.2) is 0 Å². The van der Waals surface area contributed by atoms with Crippen LogP contribution < -0.4 is 5.32 Å². The lowest BCUT2D eigenvalue weighted by Gasteiger charge is -2.13. The van der Waals surface area contributed by atoms with E-state index >= 15 is 0 Å². The maximum absolute atomic E-state index is 11.0. The first kappa shape index (κ1) is 13.8. The van der Waals surface area contributed by atoms with Crippen LogP contribution in [0.25, 0.3) is 0 Å². The van der Waals surface area contributed by atoms with Gasteiger partial charge in [-0.3, -0.25) is 0 Å². The Labute approximate surface area is 116 Å². The van der Waals surface area contributed by atoms with E-state index in [-0.39, 0.29) is 11.6 Å². The van der Waals surface area contributed by atoms with Gasteiger partial charge in [0.2, 0.25) is 0 Å². The number of nitrogens with one attached hydrogen (secondary N) is 1. The highest BCUT2D eigenvalue weighted by atomic mass is 32.1. The highest BCUT2D eigenvalue weighted by Crippen LogP contribution is 2.26. The summed E-state index contributed by atoms with van der Waals surface area (Å²) in [6.45, 7) is 6.66. The van der Waals surface area contributed by atoms with E-state index < -0.39 is 5.97 Å². The van der Waals surface area contributed by atoms with E-state index in [0.29, 0.717) is 12.3 Å². The number of rotatable bonds is 5. The van der Waals surface area contributed by atoms with Gasteiger partial charge in [-0.25, -0.2) is 4.79 Å². The zero-order chi connectivity index (χ0) is 14.0. The molecule has 2 aromatic rings. The monoisotopic (exact) mass is 279 g/mol. The third kappa shape index (κ3) is 3.05. The standard InChI is InChI=1S/C14H17NO3S/c1-8-6-12(10(3)19-8)9(2)15-7-13-11(14(16)17)4-5-18-13/h4-6,9,15H,7H2,1-3H3,(H,16,17). The number of hydrogen-bond donors (Lipinski definition) is 2. The summed E-state index contributed by atoms with van der Waals surface area (Å²) in [4.78, 5) is 13.5. The molecule has 19 heavy (non-hydrogen) atoms. The molecule has 0 amide bonds. The minimum absolute atomic E-state index is 0.164. The zero-order valence-corrected chi connectivity index (χ0v) is 12.0. The fourth-order valence-corrected chi connectivity index (χ4v) is 3.13. The molecule has 5 heteroatoms. The van der Waals surface area contributed by atoms with Crippen molar-refractivity contribution in [1.82, 2.24) is 5.32 Å². The molecule has 4 nitrogen and oxygen atoms in total. The molecule has 1 atom stereocenters. The molecule has 2 heterocycles. The van der Waals surface area contributed by atoms with E-state index in [0.717, 1.165) is 0 Å². The second-order valence-corrected chi connectivity index (χ2v) is 5.99. The number of hydrogen-bond acceptors (Lipinski definition) is 4. The SMILES string of the molecule is Cc1cc(C(C)NCc2occc2C(=O)O)c(C)s1. The van der Waals surface area contributed by atoms with E-state index in [2.05, 4.69) is 32.2 Å². The highest BCUT2D eigenvalue weighted by Gasteiger charge is 2.15. The minimum atomic E-state index is -0.958. The van der Waals surface area contributed by atoms with Crippen LogP contribution in [0.3, 0.4) is 0 Å². The number of aryl methyl sites for hydroxylation is 2. The van der Waals surface area contributed by atoms with Gasteiger partial charge in [0.25, 0.3) is 0 Å². The molecule has 0 fully saturated rings. The van der Waals surface area contributed by atoms with Gasteiger partial charge in [0.1, 0.15) is 11.3 Å². The number of aromatic carboxylic acids is 1. The maximum atomic E-state index is 11.0. The van der Waals surface area contributed by atoms with Crippen LogP contribution in [0.5, 0.6) is 0 Å². The summed E-state index contributed by atoms with van der Waals surface area (Å²) in [5, 5.41) is 12.3. The largest absolute Gasteiger partial charge is 0.478 e. The smallest absolute Gasteiger partial charge is 0.339 e. The van der Waals surface area contributed by atoms with Crippen molar-refractivity contribution < 1.29 is 14.3 Å². The molecule has 102 valence electrons. The first-order valence-corrected chi connectivity index (χ1v) is 6.90. The van der Waals surface area contributed by atoms with Gasteiger partial charge in [0.05, 0.1) is 12.8 Å². The molecule has 0 aliphatic heterocycles. The highest BCUT2D eigenvalue weighted by molar-refractivity contribution is 7.12. The predicted octanol–water partition coefficient (Wildman–Crippen LogP) is 3.51. The predicted molar refractivity (Wildman–Crippen MR) is 74.7 cm³/mol. The van der Waals surface area contributed by atoms with Gasteiger partial charge in [-0.15, -0.1) is 11.3 Å². The average molecular weight is 279 g/mol. The molecule has 0 aromatic carbocycles. The molecule has 1 unspecified atom stereocenters. The molecule has 2 N–H and O–H groups in total. The maximum Gasteiger partial charge on any atom is 0.339 e. The molecule has 2 aromatic heterocycles. The first-order chi connectivity index (χ1) is 8.99. The number of carboxylic acids is 1. The quantitative estimate of drug-likeness (QED) is 0.879. The molecule has 0 radical (unpaired) electrons. The van der Waals surface area contributed by atoms with Crippen molar-refractivity contribution in [3.05, 3.63) is 45.0 Å². The summed E-state index contributed by atoms with van der Waals surface area (Å²) in [7, 11) is 0. The van der Waals surface area contributed by atoms with Crippen molar-refractivity contribution in [3.63, 3.8) is 0 Å². The van der Waals surface area contributed by atoms with Crippen LogP contribution >= 0.6 is 11.3 Å². The summed E-state index contributed by atoms with van der Waals surface area (Å²) >= 11 is 1.77. The second-order valence-electron chi connectivity index (χ2n) is 4.53. The Morgan fingerprint density at radius 2 is 2.26 bits per heavy atom. The lowest BCUT2D eigenvalue weighted by molar-refractivity contribution is 0.0694. The van der Waals surface area contributed by atoms with Gasteiger partial charge in [-0.05, 0) is 38.5 Å². The summed E-state index contributed by atoms with van der Waals surface area (Å²) < 4.78 is 5.21. The molecule has 0 spiro atoms. The van der Waals surface area contributed by atoms with Crippen LogP contribution in [0.1, 0.15) is 44.4 Å². The van der Waals surface area contributed by atoms with Crippen LogP contribution in [-0.2, 0) is 6.54 Å². The molecule has 0 saturated heterocycles. The van der Waals surface area contributed by atoms with E-state index in [4.69, 9.17) is 9.52 Å². The van der Waals surface area contributed by atoms with Gasteiger partial charge in [-0.1, -0.05) is 0 Å². The van der Waals surface area contributed by atoms with Gasteiger partial charge < -0.3 is 14.8 Å². The van der Waals surface area contributed by atoms with Crippen molar-refractivity contribution in [2.24, 2.45) is 0 Å². The average Bonchev–Trinajstić information content (AvgIpc) is 2.92. The third-order valence-electron chi connectivity index (χ3n) is 3.09. The normalized spacial score (nSPS) is 12.6. The molecular weight excluding hydrogens is 262 g/mol. The van der Waals surface area contributed by atoms with Crippen molar-refractivity contribution >= 4 is 17.3 Å². The lowest BCUT2D eigenvalue weighted by Crippen LogP contribution is -2.19. The van der Waals surface area contributed by atoms with Crippen LogP contribution in [-0.4, -0.2) is 11.1 Å². The Bertz CT molecular complexity index is 585. The topological polar surface area (TPSA) is 62.5 Å². The van der Waals surface area contributed by atoms with Crippen molar-refractivity contribution in [2.75, 3.05) is 0 Å². The Morgan fingerprint density at radius 3 is 2.84 bits per heavy atom. The number of carbonyl (C=O) groups is 1. The van der Waals surface area contributed by atoms with Crippen LogP contribution in [0.2, 0.25) is 0 Å². The number of carboxylic acid groups (broad SMARTS) is 1. The molecular formula is C14H17NO3S. The van der Waals surface area contributed by atoms with Crippen LogP contribution in [0, 0.1) is 13.8 Å². The molecule has 0 aliphatic carbocycles. The third-order valence-corrected chi connectivity index (χ3v) is 4.07. The summed E-state index contributed by atoms with van der Waals surface area (Å²) in [5.41, 5.74) is 1.48. The van der Waals surface area contributed by atoms with Crippen molar-refractivity contribution in [1.29, 1.82) is 0 Å². The van der Waals surface area contributed by atoms with Gasteiger partial charge >= 0.3 is 5.97 Å². The fourth-order valence-electron chi connectivity index (χ4n) is 2.10. The van der Waals surface area contributed by atoms with E-state index in [9.17, 15) is 4.79 Å². The first-order valence-electron chi connectivity index (χ1n) is 6.09. The zero-order valence-electron chi connectivity index (χ0n) is 11.2. The lowest BCUT2D eigenvalue weighted by atomic mass is 10.1. The van der Waals surface area contributed by atoms with Crippen molar-refractivity contribution in [3.8, 4) is 0 Å². The van der Waals surface area contributed by atoms with Gasteiger partial charge in [0, 0.05) is 15.8 Å². The molecule has 0 bridgehead atoms. The Kier molecular flexibility index (Phi) is 4.07.